The van der Waals surface area contributed by atoms with Crippen LogP contribution in [0, 0.1) is 5.82 Å². The lowest BCUT2D eigenvalue weighted by Gasteiger charge is -2.24. The second-order valence-corrected chi connectivity index (χ2v) is 8.29. The number of sulfonamides is 1. The summed E-state index contributed by atoms with van der Waals surface area (Å²) < 4.78 is 44.6. The van der Waals surface area contributed by atoms with E-state index in [9.17, 15) is 17.6 Å². The van der Waals surface area contributed by atoms with Crippen molar-refractivity contribution in [1.29, 1.82) is 0 Å². The SMILES string of the molecule is COC(=O)c1ccc(CN(c2ccc(F)c(Cl)c2)S(=O)(=O)CCCCl)nc1. The highest BCUT2D eigenvalue weighted by atomic mass is 35.5. The molecule has 0 saturated carbocycles. The molecule has 0 fully saturated rings. The van der Waals surface area contributed by atoms with Crippen molar-refractivity contribution < 1.29 is 22.3 Å². The van der Waals surface area contributed by atoms with Crippen LogP contribution in [-0.4, -0.2) is 38.1 Å². The number of ether oxygens (including phenoxy) is 1. The number of hydrogen-bond acceptors (Lipinski definition) is 5. The topological polar surface area (TPSA) is 76.6 Å². The van der Waals surface area contributed by atoms with Crippen LogP contribution >= 0.6 is 23.2 Å². The summed E-state index contributed by atoms with van der Waals surface area (Å²) >= 11 is 11.4. The van der Waals surface area contributed by atoms with Crippen LogP contribution < -0.4 is 4.31 Å². The maximum absolute atomic E-state index is 13.5. The molecule has 10 heteroatoms. The summed E-state index contributed by atoms with van der Waals surface area (Å²) in [6, 6.07) is 6.65. The molecular formula is C17H17Cl2FN2O4S. The van der Waals surface area contributed by atoms with Gasteiger partial charge in [0.25, 0.3) is 0 Å². The van der Waals surface area contributed by atoms with E-state index < -0.39 is 21.8 Å². The minimum atomic E-state index is -3.76. The Morgan fingerprint density at radius 1 is 1.30 bits per heavy atom. The second-order valence-electron chi connectivity index (χ2n) is 5.49. The van der Waals surface area contributed by atoms with E-state index in [1.807, 2.05) is 0 Å². The molecule has 1 aromatic carbocycles. The summed E-state index contributed by atoms with van der Waals surface area (Å²) in [5.74, 6) is -1.21. The Morgan fingerprint density at radius 3 is 2.59 bits per heavy atom. The van der Waals surface area contributed by atoms with Gasteiger partial charge in [0.2, 0.25) is 10.0 Å². The third-order valence-electron chi connectivity index (χ3n) is 3.61. The van der Waals surface area contributed by atoms with E-state index in [4.69, 9.17) is 23.2 Å². The molecule has 0 aliphatic rings. The fourth-order valence-electron chi connectivity index (χ4n) is 2.24. The second kappa shape index (κ2) is 9.34. The average molecular weight is 435 g/mol. The Hall–Kier alpha value is -1.90. The van der Waals surface area contributed by atoms with Gasteiger partial charge in [-0.1, -0.05) is 11.6 Å². The van der Waals surface area contributed by atoms with Crippen LogP contribution in [0.25, 0.3) is 0 Å². The van der Waals surface area contributed by atoms with Gasteiger partial charge in [0, 0.05) is 12.1 Å². The van der Waals surface area contributed by atoms with Crippen LogP contribution in [0.15, 0.2) is 36.5 Å². The van der Waals surface area contributed by atoms with Crippen molar-refractivity contribution in [3.8, 4) is 0 Å². The lowest BCUT2D eigenvalue weighted by Crippen LogP contribution is -2.33. The summed E-state index contributed by atoms with van der Waals surface area (Å²) in [6.07, 6.45) is 1.55. The van der Waals surface area contributed by atoms with Crippen LogP contribution in [0.5, 0.6) is 0 Å². The Bertz CT molecular complexity index is 908. The van der Waals surface area contributed by atoms with Crippen molar-refractivity contribution in [2.45, 2.75) is 13.0 Å². The molecule has 6 nitrogen and oxygen atoms in total. The number of esters is 1. The van der Waals surface area contributed by atoms with Gasteiger partial charge in [0.15, 0.2) is 0 Å². The highest BCUT2D eigenvalue weighted by Gasteiger charge is 2.24. The predicted molar refractivity (Wildman–Crippen MR) is 102 cm³/mol. The lowest BCUT2D eigenvalue weighted by molar-refractivity contribution is 0.0600. The number of rotatable bonds is 8. The van der Waals surface area contributed by atoms with Gasteiger partial charge in [-0.05, 0) is 36.8 Å². The first kappa shape index (κ1) is 21.4. The molecule has 0 unspecified atom stereocenters. The molecular weight excluding hydrogens is 418 g/mol. The van der Waals surface area contributed by atoms with Gasteiger partial charge in [0.05, 0.1) is 41.4 Å². The van der Waals surface area contributed by atoms with E-state index >= 15 is 0 Å². The predicted octanol–water partition coefficient (Wildman–Crippen LogP) is 3.63. The molecule has 0 amide bonds. The maximum atomic E-state index is 13.5. The monoisotopic (exact) mass is 434 g/mol. The summed E-state index contributed by atoms with van der Waals surface area (Å²) in [5.41, 5.74) is 0.829. The van der Waals surface area contributed by atoms with Crippen molar-refractivity contribution in [3.63, 3.8) is 0 Å². The van der Waals surface area contributed by atoms with E-state index in [-0.39, 0.29) is 40.9 Å². The molecule has 2 aromatic rings. The molecule has 1 heterocycles. The van der Waals surface area contributed by atoms with Gasteiger partial charge < -0.3 is 4.74 Å². The first-order valence-corrected chi connectivity index (χ1v) is 10.4. The fraction of sp³-hybridized carbons (Fsp3) is 0.294. The number of methoxy groups -OCH3 is 1. The number of aromatic nitrogens is 1. The number of hydrogen-bond donors (Lipinski definition) is 0. The molecule has 0 bridgehead atoms. The maximum Gasteiger partial charge on any atom is 0.339 e. The zero-order valence-electron chi connectivity index (χ0n) is 14.4. The Labute approximate surface area is 166 Å². The number of alkyl halides is 1. The van der Waals surface area contributed by atoms with Gasteiger partial charge in [0.1, 0.15) is 5.82 Å². The van der Waals surface area contributed by atoms with E-state index in [2.05, 4.69) is 9.72 Å². The van der Waals surface area contributed by atoms with E-state index in [1.54, 1.807) is 0 Å². The van der Waals surface area contributed by atoms with Gasteiger partial charge in [-0.15, -0.1) is 11.6 Å². The van der Waals surface area contributed by atoms with Crippen molar-refractivity contribution in [1.82, 2.24) is 4.98 Å². The van der Waals surface area contributed by atoms with E-state index in [0.717, 1.165) is 10.4 Å². The molecule has 0 saturated heterocycles. The van der Waals surface area contributed by atoms with Crippen LogP contribution in [0.3, 0.4) is 0 Å². The van der Waals surface area contributed by atoms with Crippen LogP contribution in [0.4, 0.5) is 10.1 Å². The highest BCUT2D eigenvalue weighted by molar-refractivity contribution is 7.92. The zero-order chi connectivity index (χ0) is 20.0. The molecule has 0 aliphatic heterocycles. The summed E-state index contributed by atoms with van der Waals surface area (Å²) in [4.78, 5) is 15.6. The normalized spacial score (nSPS) is 11.3. The van der Waals surface area contributed by atoms with E-state index in [1.165, 1.54) is 37.6 Å². The third-order valence-corrected chi connectivity index (χ3v) is 5.99. The van der Waals surface area contributed by atoms with Crippen molar-refractivity contribution in [2.24, 2.45) is 0 Å². The zero-order valence-corrected chi connectivity index (χ0v) is 16.7. The number of carbonyl (C=O) groups is 1. The molecule has 146 valence electrons. The quantitative estimate of drug-likeness (QED) is 0.468. The van der Waals surface area contributed by atoms with Crippen LogP contribution in [0.2, 0.25) is 5.02 Å². The summed E-state index contributed by atoms with van der Waals surface area (Å²) in [6.45, 7) is -0.117. The van der Waals surface area contributed by atoms with Gasteiger partial charge in [-0.25, -0.2) is 17.6 Å². The first-order chi connectivity index (χ1) is 12.8. The lowest BCUT2D eigenvalue weighted by atomic mass is 10.2. The third kappa shape index (κ3) is 5.54. The minimum absolute atomic E-state index is 0.117. The Balaban J connectivity index is 2.37. The number of benzene rings is 1. The number of halogens is 3. The smallest absolute Gasteiger partial charge is 0.339 e. The molecule has 0 N–H and O–H groups in total. The van der Waals surface area contributed by atoms with E-state index in [0.29, 0.717) is 5.69 Å². The molecule has 0 radical (unpaired) electrons. The fourth-order valence-corrected chi connectivity index (χ4v) is 4.20. The van der Waals surface area contributed by atoms with Crippen molar-refractivity contribution in [3.05, 3.63) is 58.6 Å². The number of anilines is 1. The van der Waals surface area contributed by atoms with Crippen molar-refractivity contribution in [2.75, 3.05) is 23.0 Å². The number of carbonyl (C=O) groups excluding carboxylic acids is 1. The average Bonchev–Trinajstić information content (AvgIpc) is 2.66. The molecule has 27 heavy (non-hydrogen) atoms. The van der Waals surface area contributed by atoms with Crippen molar-refractivity contribution >= 4 is 44.9 Å². The number of nitrogens with zero attached hydrogens (tertiary/aromatic N) is 2. The van der Waals surface area contributed by atoms with Gasteiger partial charge in [-0.3, -0.25) is 9.29 Å². The van der Waals surface area contributed by atoms with Gasteiger partial charge in [-0.2, -0.15) is 0 Å². The molecule has 2 rings (SSSR count). The largest absolute Gasteiger partial charge is 0.465 e. The molecule has 0 spiro atoms. The highest BCUT2D eigenvalue weighted by Crippen LogP contribution is 2.26. The van der Waals surface area contributed by atoms with Gasteiger partial charge >= 0.3 is 5.97 Å². The standard InChI is InChI=1S/C17H17Cl2FN2O4S/c1-26-17(23)12-3-4-13(21-10-12)11-22(27(24,25)8-2-7-18)14-5-6-16(20)15(19)9-14/h3-6,9-10H,2,7-8,11H2,1H3. The Morgan fingerprint density at radius 2 is 2.04 bits per heavy atom. The summed E-state index contributed by atoms with van der Waals surface area (Å²) in [5, 5.41) is -0.195. The van der Waals surface area contributed by atoms with Crippen LogP contribution in [-0.2, 0) is 21.3 Å². The molecule has 0 aliphatic carbocycles. The number of pyridine rings is 1. The minimum Gasteiger partial charge on any atom is -0.465 e. The molecule has 1 aromatic heterocycles. The van der Waals surface area contributed by atoms with Crippen LogP contribution in [0.1, 0.15) is 22.5 Å². The first-order valence-electron chi connectivity index (χ1n) is 7.83. The Kier molecular flexibility index (Phi) is 7.41. The molecule has 0 atom stereocenters. The summed E-state index contributed by atoms with van der Waals surface area (Å²) in [7, 11) is -2.51.